The number of hydrogen-bond acceptors (Lipinski definition) is 7. The van der Waals surface area contributed by atoms with Crippen LogP contribution in [0, 0.1) is 0 Å². The molecule has 8 nitrogen and oxygen atoms in total. The van der Waals surface area contributed by atoms with Crippen LogP contribution in [0.5, 0.6) is 11.5 Å². The fourth-order valence-electron chi connectivity index (χ4n) is 3.84. The highest BCUT2D eigenvalue weighted by atomic mass is 32.2. The molecule has 2 heterocycles. The van der Waals surface area contributed by atoms with E-state index >= 15 is 0 Å². The van der Waals surface area contributed by atoms with Crippen LogP contribution in [0.4, 0.5) is 11.4 Å². The molecule has 174 valence electrons. The zero-order chi connectivity index (χ0) is 23.4. The Morgan fingerprint density at radius 1 is 0.939 bits per heavy atom. The number of benzene rings is 2. The van der Waals surface area contributed by atoms with Crippen molar-refractivity contribution in [2.24, 2.45) is 4.99 Å². The predicted molar refractivity (Wildman–Crippen MR) is 131 cm³/mol. The SMILES string of the molecule is COc1ccc(N=C2S[C@@H](C(=O)N3CCN(c4ccc(OC)cc4)CC3)CC(=O)N2C)cc1. The highest BCUT2D eigenvalue weighted by Gasteiger charge is 2.37. The van der Waals surface area contributed by atoms with E-state index < -0.39 is 5.25 Å². The molecule has 4 rings (SSSR count). The fraction of sp³-hybridized carbons (Fsp3) is 0.375. The standard InChI is InChI=1S/C24H28N4O4S/c1-26-22(29)16-21(33-24(26)25-17-4-8-19(31-2)9-5-17)23(30)28-14-12-27(13-15-28)18-6-10-20(32-3)11-7-18/h4-11,21H,12-16H2,1-3H3/t21-/m1/s1. The smallest absolute Gasteiger partial charge is 0.236 e. The summed E-state index contributed by atoms with van der Waals surface area (Å²) < 4.78 is 10.4. The number of methoxy groups -OCH3 is 2. The van der Waals surface area contributed by atoms with Gasteiger partial charge in [0.05, 0.1) is 19.9 Å². The molecule has 0 aliphatic carbocycles. The van der Waals surface area contributed by atoms with Gasteiger partial charge in [0.1, 0.15) is 16.7 Å². The Bertz CT molecular complexity index is 1020. The minimum absolute atomic E-state index is 0.00161. The number of amidine groups is 1. The highest BCUT2D eigenvalue weighted by Crippen LogP contribution is 2.30. The summed E-state index contributed by atoms with van der Waals surface area (Å²) >= 11 is 1.36. The average Bonchev–Trinajstić information content (AvgIpc) is 2.87. The minimum atomic E-state index is -0.460. The largest absolute Gasteiger partial charge is 0.497 e. The second-order valence-electron chi connectivity index (χ2n) is 7.87. The minimum Gasteiger partial charge on any atom is -0.497 e. The van der Waals surface area contributed by atoms with Crippen LogP contribution in [0.2, 0.25) is 0 Å². The quantitative estimate of drug-likeness (QED) is 0.672. The Labute approximate surface area is 198 Å². The van der Waals surface area contributed by atoms with Gasteiger partial charge in [-0.3, -0.25) is 14.5 Å². The zero-order valence-electron chi connectivity index (χ0n) is 19.1. The van der Waals surface area contributed by atoms with Gasteiger partial charge in [-0.15, -0.1) is 0 Å². The molecule has 0 aromatic heterocycles. The molecule has 2 aromatic carbocycles. The topological polar surface area (TPSA) is 74.7 Å². The van der Waals surface area contributed by atoms with Crippen LogP contribution < -0.4 is 14.4 Å². The summed E-state index contributed by atoms with van der Waals surface area (Å²) in [6, 6.07) is 15.2. The molecule has 0 saturated carbocycles. The third-order valence-electron chi connectivity index (χ3n) is 5.87. The van der Waals surface area contributed by atoms with Crippen LogP contribution in [0.3, 0.4) is 0 Å². The highest BCUT2D eigenvalue weighted by molar-refractivity contribution is 8.15. The molecule has 2 fully saturated rings. The summed E-state index contributed by atoms with van der Waals surface area (Å²) in [6.07, 6.45) is 0.181. The molecule has 0 N–H and O–H groups in total. The molecule has 0 unspecified atom stereocenters. The lowest BCUT2D eigenvalue weighted by atomic mass is 10.2. The molecule has 2 aliphatic rings. The van der Waals surface area contributed by atoms with Crippen LogP contribution in [-0.2, 0) is 9.59 Å². The number of ether oxygens (including phenoxy) is 2. The van der Waals surface area contributed by atoms with Gasteiger partial charge < -0.3 is 19.3 Å². The van der Waals surface area contributed by atoms with Crippen molar-refractivity contribution < 1.29 is 19.1 Å². The molecule has 0 radical (unpaired) electrons. The predicted octanol–water partition coefficient (Wildman–Crippen LogP) is 3.00. The first-order chi connectivity index (χ1) is 16.0. The van der Waals surface area contributed by atoms with Gasteiger partial charge in [0.25, 0.3) is 0 Å². The number of amides is 2. The summed E-state index contributed by atoms with van der Waals surface area (Å²) in [6.45, 7) is 2.74. The monoisotopic (exact) mass is 468 g/mol. The lowest BCUT2D eigenvalue weighted by Gasteiger charge is -2.38. The number of rotatable bonds is 5. The van der Waals surface area contributed by atoms with E-state index in [-0.39, 0.29) is 18.2 Å². The number of anilines is 1. The van der Waals surface area contributed by atoms with Gasteiger partial charge in [0.2, 0.25) is 11.8 Å². The second kappa shape index (κ2) is 10.2. The van der Waals surface area contributed by atoms with Gasteiger partial charge >= 0.3 is 0 Å². The lowest BCUT2D eigenvalue weighted by Crippen LogP contribution is -2.53. The van der Waals surface area contributed by atoms with Crippen LogP contribution >= 0.6 is 11.8 Å². The van der Waals surface area contributed by atoms with Crippen molar-refractivity contribution in [2.45, 2.75) is 11.7 Å². The number of nitrogens with zero attached hydrogens (tertiary/aromatic N) is 4. The molecule has 2 saturated heterocycles. The van der Waals surface area contributed by atoms with Crippen molar-refractivity contribution in [1.82, 2.24) is 9.80 Å². The van der Waals surface area contributed by atoms with E-state index in [9.17, 15) is 9.59 Å². The molecule has 2 aliphatic heterocycles. The first-order valence-corrected chi connectivity index (χ1v) is 11.7. The van der Waals surface area contributed by atoms with Crippen LogP contribution in [-0.4, -0.2) is 79.5 Å². The molecular weight excluding hydrogens is 440 g/mol. The Morgan fingerprint density at radius 2 is 1.52 bits per heavy atom. The maximum atomic E-state index is 13.2. The molecule has 1 atom stereocenters. The number of carbonyl (C=O) groups is 2. The third-order valence-corrected chi connectivity index (χ3v) is 7.10. The van der Waals surface area contributed by atoms with E-state index in [1.54, 1.807) is 21.3 Å². The number of hydrogen-bond donors (Lipinski definition) is 0. The molecule has 33 heavy (non-hydrogen) atoms. The molecule has 0 bridgehead atoms. The van der Waals surface area contributed by atoms with E-state index in [2.05, 4.69) is 9.89 Å². The van der Waals surface area contributed by atoms with Crippen molar-refractivity contribution in [3.8, 4) is 11.5 Å². The number of piperazine rings is 1. The Hall–Kier alpha value is -3.20. The van der Waals surface area contributed by atoms with Gasteiger partial charge in [-0.05, 0) is 48.5 Å². The maximum Gasteiger partial charge on any atom is 0.236 e. The van der Waals surface area contributed by atoms with Crippen molar-refractivity contribution in [2.75, 3.05) is 52.3 Å². The van der Waals surface area contributed by atoms with Crippen molar-refractivity contribution >= 4 is 40.1 Å². The molecule has 2 amide bonds. The van der Waals surface area contributed by atoms with Crippen molar-refractivity contribution in [3.05, 3.63) is 48.5 Å². The molecule has 9 heteroatoms. The zero-order valence-corrected chi connectivity index (χ0v) is 19.9. The second-order valence-corrected chi connectivity index (χ2v) is 9.04. The summed E-state index contributed by atoms with van der Waals surface area (Å²) in [4.78, 5) is 36.1. The fourth-order valence-corrected chi connectivity index (χ4v) is 4.99. The number of carbonyl (C=O) groups excluding carboxylic acids is 2. The summed E-state index contributed by atoms with van der Waals surface area (Å²) in [7, 11) is 4.96. The maximum absolute atomic E-state index is 13.2. The van der Waals surface area contributed by atoms with Gasteiger partial charge in [0, 0.05) is 45.3 Å². The molecular formula is C24H28N4O4S. The number of thioether (sulfide) groups is 1. The summed E-state index contributed by atoms with van der Waals surface area (Å²) in [5.74, 6) is 1.46. The van der Waals surface area contributed by atoms with Crippen LogP contribution in [0.25, 0.3) is 0 Å². The Balaban J connectivity index is 1.40. The first kappa shape index (κ1) is 23.0. The summed E-state index contributed by atoms with van der Waals surface area (Å²) in [5, 5.41) is 0.0740. The van der Waals surface area contributed by atoms with E-state index in [0.29, 0.717) is 23.9 Å². The first-order valence-electron chi connectivity index (χ1n) is 10.8. The van der Waals surface area contributed by atoms with Gasteiger partial charge in [-0.1, -0.05) is 11.8 Å². The average molecular weight is 469 g/mol. The van der Waals surface area contributed by atoms with E-state index in [1.165, 1.54) is 16.7 Å². The lowest BCUT2D eigenvalue weighted by molar-refractivity contribution is -0.134. The Kier molecular flexibility index (Phi) is 7.08. The van der Waals surface area contributed by atoms with Gasteiger partial charge in [-0.25, -0.2) is 4.99 Å². The summed E-state index contributed by atoms with van der Waals surface area (Å²) in [5.41, 5.74) is 1.82. The van der Waals surface area contributed by atoms with E-state index in [0.717, 1.165) is 30.3 Å². The third kappa shape index (κ3) is 5.24. The van der Waals surface area contributed by atoms with E-state index in [1.807, 2.05) is 53.4 Å². The van der Waals surface area contributed by atoms with Gasteiger partial charge in [0.15, 0.2) is 5.17 Å². The normalized spacial score (nSPS) is 20.2. The molecule has 0 spiro atoms. The Morgan fingerprint density at radius 3 is 2.09 bits per heavy atom. The molecule has 2 aromatic rings. The van der Waals surface area contributed by atoms with Gasteiger partial charge in [-0.2, -0.15) is 0 Å². The van der Waals surface area contributed by atoms with Crippen LogP contribution in [0.1, 0.15) is 6.42 Å². The van der Waals surface area contributed by atoms with E-state index in [4.69, 9.17) is 9.47 Å². The van der Waals surface area contributed by atoms with Crippen LogP contribution in [0.15, 0.2) is 53.5 Å². The van der Waals surface area contributed by atoms with Crippen molar-refractivity contribution in [3.63, 3.8) is 0 Å². The van der Waals surface area contributed by atoms with Crippen molar-refractivity contribution in [1.29, 1.82) is 0 Å². The number of aliphatic imine (C=N–C) groups is 1.